The number of aromatic nitrogens is 2. The Labute approximate surface area is 64.6 Å². The highest BCUT2D eigenvalue weighted by Gasteiger charge is 2.05. The number of nitrogens with zero attached hydrogens (tertiary/aromatic N) is 2. The normalized spacial score (nSPS) is 9.90. The van der Waals surface area contributed by atoms with E-state index >= 15 is 0 Å². The highest BCUT2D eigenvalue weighted by atomic mass is 35.5. The Hall–Kier alpha value is -0.700. The molecule has 1 radical (unpaired) electrons. The summed E-state index contributed by atoms with van der Waals surface area (Å²) < 4.78 is 6.69. The van der Waals surface area contributed by atoms with Gasteiger partial charge in [-0.15, -0.1) is 0 Å². The smallest absolute Gasteiger partial charge is 0.231 e. The third-order valence-corrected chi connectivity index (χ3v) is 1.31. The van der Waals surface area contributed by atoms with Gasteiger partial charge in [0.2, 0.25) is 5.88 Å². The first-order valence-corrected chi connectivity index (χ1v) is 3.36. The van der Waals surface area contributed by atoms with E-state index in [1.807, 2.05) is 6.92 Å². The number of hydrogen-bond donors (Lipinski definition) is 0. The second-order valence-corrected chi connectivity index (χ2v) is 2.17. The lowest BCUT2D eigenvalue weighted by molar-refractivity contribution is 0.309. The molecule has 4 heteroatoms. The molecule has 0 fully saturated rings. The molecule has 0 atom stereocenters. The molecule has 1 rings (SSSR count). The minimum absolute atomic E-state index is 0.435. The fraction of sp³-hybridized carbons (Fsp3) is 0.500. The highest BCUT2D eigenvalue weighted by Crippen LogP contribution is 2.21. The molecule has 0 aliphatic heterocycles. The van der Waals surface area contributed by atoms with Crippen molar-refractivity contribution < 1.29 is 4.74 Å². The van der Waals surface area contributed by atoms with Crippen molar-refractivity contribution >= 4 is 11.6 Å². The van der Waals surface area contributed by atoms with Crippen LogP contribution in [0.15, 0.2) is 0 Å². The molecule has 1 heterocycles. The largest absolute Gasteiger partial charge is 0.477 e. The third-order valence-electron chi connectivity index (χ3n) is 1.06. The molecule has 10 heavy (non-hydrogen) atoms. The lowest BCUT2D eigenvalue weighted by Gasteiger charge is -2.01. The first-order chi connectivity index (χ1) is 4.75. The molecule has 0 aromatic carbocycles. The zero-order valence-electron chi connectivity index (χ0n) is 5.89. The van der Waals surface area contributed by atoms with Crippen LogP contribution in [-0.4, -0.2) is 16.4 Å². The second kappa shape index (κ2) is 2.92. The Morgan fingerprint density at radius 1 is 1.80 bits per heavy atom. The van der Waals surface area contributed by atoms with Crippen LogP contribution in [0.2, 0.25) is 5.02 Å². The van der Waals surface area contributed by atoms with Gasteiger partial charge in [0.05, 0.1) is 6.61 Å². The SMILES string of the molecule is CCOc1c(Cl)[c]nn1C. The quantitative estimate of drug-likeness (QED) is 0.650. The topological polar surface area (TPSA) is 27.1 Å². The minimum Gasteiger partial charge on any atom is -0.477 e. The molecule has 0 saturated heterocycles. The number of hydrogen-bond acceptors (Lipinski definition) is 2. The van der Waals surface area contributed by atoms with Gasteiger partial charge in [-0.1, -0.05) is 11.6 Å². The molecular weight excluding hydrogens is 152 g/mol. The Kier molecular flexibility index (Phi) is 2.17. The van der Waals surface area contributed by atoms with Crippen LogP contribution < -0.4 is 4.74 Å². The molecule has 0 saturated carbocycles. The predicted molar refractivity (Wildman–Crippen MR) is 38.2 cm³/mol. The van der Waals surface area contributed by atoms with E-state index in [-0.39, 0.29) is 0 Å². The monoisotopic (exact) mass is 159 g/mol. The van der Waals surface area contributed by atoms with Crippen LogP contribution in [0, 0.1) is 6.20 Å². The number of ether oxygens (including phenoxy) is 1. The van der Waals surface area contributed by atoms with Crippen molar-refractivity contribution in [2.24, 2.45) is 7.05 Å². The van der Waals surface area contributed by atoms with Crippen molar-refractivity contribution in [2.45, 2.75) is 6.92 Å². The summed E-state index contributed by atoms with van der Waals surface area (Å²) >= 11 is 5.66. The fourth-order valence-corrected chi connectivity index (χ4v) is 0.862. The van der Waals surface area contributed by atoms with Crippen molar-refractivity contribution in [1.82, 2.24) is 9.78 Å². The Bertz CT molecular complexity index is 202. The van der Waals surface area contributed by atoms with Gasteiger partial charge in [0.15, 0.2) is 0 Å². The molecular formula is C6H8ClN2O. The van der Waals surface area contributed by atoms with Crippen LogP contribution in [0.3, 0.4) is 0 Å². The molecule has 1 aromatic heterocycles. The second-order valence-electron chi connectivity index (χ2n) is 1.79. The van der Waals surface area contributed by atoms with Crippen molar-refractivity contribution in [3.63, 3.8) is 0 Å². The first kappa shape index (κ1) is 7.41. The van der Waals surface area contributed by atoms with E-state index in [0.717, 1.165) is 0 Å². The summed E-state index contributed by atoms with van der Waals surface area (Å²) in [6.45, 7) is 2.48. The lowest BCUT2D eigenvalue weighted by atomic mass is 10.7. The summed E-state index contributed by atoms with van der Waals surface area (Å²) in [6.07, 6.45) is 2.58. The highest BCUT2D eigenvalue weighted by molar-refractivity contribution is 6.31. The molecule has 0 amide bonds. The van der Waals surface area contributed by atoms with Gasteiger partial charge in [0, 0.05) is 7.05 Å². The average Bonchev–Trinajstić information content (AvgIpc) is 2.20. The lowest BCUT2D eigenvalue weighted by Crippen LogP contribution is -1.99. The average molecular weight is 160 g/mol. The zero-order chi connectivity index (χ0) is 7.56. The molecule has 0 N–H and O–H groups in total. The molecule has 0 aliphatic carbocycles. The molecule has 55 valence electrons. The van der Waals surface area contributed by atoms with E-state index in [2.05, 4.69) is 11.3 Å². The summed E-state index contributed by atoms with van der Waals surface area (Å²) in [5.74, 6) is 0.573. The van der Waals surface area contributed by atoms with Gasteiger partial charge < -0.3 is 4.74 Å². The van der Waals surface area contributed by atoms with E-state index in [0.29, 0.717) is 17.5 Å². The van der Waals surface area contributed by atoms with Gasteiger partial charge >= 0.3 is 0 Å². The minimum atomic E-state index is 0.435. The Morgan fingerprint density at radius 2 is 2.50 bits per heavy atom. The van der Waals surface area contributed by atoms with Crippen LogP contribution in [0.25, 0.3) is 0 Å². The maximum Gasteiger partial charge on any atom is 0.231 e. The maximum absolute atomic E-state index is 5.66. The Morgan fingerprint density at radius 3 is 2.90 bits per heavy atom. The molecule has 0 unspecified atom stereocenters. The molecule has 0 aliphatic rings. The van der Waals surface area contributed by atoms with E-state index in [1.54, 1.807) is 11.7 Å². The summed E-state index contributed by atoms with van der Waals surface area (Å²) in [6, 6.07) is 0. The molecule has 0 bridgehead atoms. The molecule has 3 nitrogen and oxygen atoms in total. The number of aryl methyl sites for hydroxylation is 1. The van der Waals surface area contributed by atoms with E-state index in [1.165, 1.54) is 0 Å². The summed E-state index contributed by atoms with van der Waals surface area (Å²) in [4.78, 5) is 0. The summed E-state index contributed by atoms with van der Waals surface area (Å²) in [5.41, 5.74) is 0. The first-order valence-electron chi connectivity index (χ1n) is 2.98. The molecule has 1 aromatic rings. The van der Waals surface area contributed by atoms with Crippen LogP contribution in [-0.2, 0) is 7.05 Å². The van der Waals surface area contributed by atoms with Gasteiger partial charge in [-0.05, 0) is 6.92 Å². The number of halogens is 1. The van der Waals surface area contributed by atoms with Crippen molar-refractivity contribution in [3.8, 4) is 5.88 Å². The van der Waals surface area contributed by atoms with Gasteiger partial charge in [0.25, 0.3) is 0 Å². The van der Waals surface area contributed by atoms with Crippen LogP contribution in [0.5, 0.6) is 5.88 Å². The van der Waals surface area contributed by atoms with E-state index < -0.39 is 0 Å². The van der Waals surface area contributed by atoms with Gasteiger partial charge in [-0.3, -0.25) is 0 Å². The maximum atomic E-state index is 5.66. The van der Waals surface area contributed by atoms with Gasteiger partial charge in [0.1, 0.15) is 11.2 Å². The fourth-order valence-electron chi connectivity index (χ4n) is 0.648. The third kappa shape index (κ3) is 1.24. The van der Waals surface area contributed by atoms with Crippen LogP contribution in [0.1, 0.15) is 6.92 Å². The Balaban J connectivity index is 2.87. The summed E-state index contributed by atoms with van der Waals surface area (Å²) in [5, 5.41) is 4.20. The summed E-state index contributed by atoms with van der Waals surface area (Å²) in [7, 11) is 1.76. The van der Waals surface area contributed by atoms with Crippen LogP contribution >= 0.6 is 11.6 Å². The zero-order valence-corrected chi connectivity index (χ0v) is 6.64. The van der Waals surface area contributed by atoms with Crippen LogP contribution in [0.4, 0.5) is 0 Å². The van der Waals surface area contributed by atoms with Crippen molar-refractivity contribution in [3.05, 3.63) is 11.2 Å². The molecule has 0 spiro atoms. The van der Waals surface area contributed by atoms with E-state index in [9.17, 15) is 0 Å². The standard InChI is InChI=1S/C6H8ClN2O/c1-3-10-6-5(7)4-8-9(6)2/h3H2,1-2H3. The number of rotatable bonds is 2. The van der Waals surface area contributed by atoms with Gasteiger partial charge in [-0.25, -0.2) is 4.68 Å². The van der Waals surface area contributed by atoms with E-state index in [4.69, 9.17) is 16.3 Å². The van der Waals surface area contributed by atoms with Crippen molar-refractivity contribution in [2.75, 3.05) is 6.61 Å². The predicted octanol–water partition coefficient (Wildman–Crippen LogP) is 1.27. The van der Waals surface area contributed by atoms with Gasteiger partial charge in [-0.2, -0.15) is 5.10 Å². The van der Waals surface area contributed by atoms with Crippen molar-refractivity contribution in [1.29, 1.82) is 0 Å².